The number of anilines is 1. The van der Waals surface area contributed by atoms with E-state index in [4.69, 9.17) is 33.2 Å². The molecule has 0 saturated carbocycles. The average Bonchev–Trinajstić information content (AvgIpc) is 2.83. The number of nitrogens with zero attached hydrogens (tertiary/aromatic N) is 5. The van der Waals surface area contributed by atoms with Crippen LogP contribution >= 0.6 is 23.2 Å². The van der Waals surface area contributed by atoms with Crippen LogP contribution < -0.4 is 4.90 Å². The van der Waals surface area contributed by atoms with Gasteiger partial charge in [-0.1, -0.05) is 35.9 Å². The Balaban J connectivity index is 1.71. The topological polar surface area (TPSA) is 79.3 Å². The maximum atomic E-state index is 11.9. The zero-order valence-electron chi connectivity index (χ0n) is 17.5. The van der Waals surface area contributed by atoms with E-state index in [0.717, 1.165) is 11.1 Å². The predicted molar refractivity (Wildman–Crippen MR) is 125 cm³/mol. The molecule has 164 valence electrons. The molecule has 1 aliphatic rings. The van der Waals surface area contributed by atoms with E-state index in [-0.39, 0.29) is 17.6 Å². The number of hydrogen-bond acceptors (Lipinski definition) is 6. The van der Waals surface area contributed by atoms with Crippen molar-refractivity contribution < 1.29 is 9.59 Å². The van der Waals surface area contributed by atoms with Gasteiger partial charge in [0.05, 0.1) is 16.9 Å². The van der Waals surface area contributed by atoms with Crippen LogP contribution in [0.2, 0.25) is 5.02 Å². The van der Waals surface area contributed by atoms with Crippen molar-refractivity contribution >= 4 is 40.7 Å². The van der Waals surface area contributed by atoms with Crippen LogP contribution in [-0.2, 0) is 4.79 Å². The Hall–Kier alpha value is -3.03. The second-order valence-electron chi connectivity index (χ2n) is 7.42. The number of rotatable bonds is 5. The summed E-state index contributed by atoms with van der Waals surface area (Å²) in [6, 6.07) is 9.07. The first kappa shape index (κ1) is 22.2. The predicted octanol–water partition coefficient (Wildman–Crippen LogP) is 3.95. The number of ketones is 1. The Morgan fingerprint density at radius 2 is 1.72 bits per heavy atom. The molecule has 1 aliphatic heterocycles. The third-order valence-corrected chi connectivity index (χ3v) is 5.95. The van der Waals surface area contributed by atoms with Crippen molar-refractivity contribution in [3.63, 3.8) is 0 Å². The van der Waals surface area contributed by atoms with E-state index in [2.05, 4.69) is 9.88 Å². The second kappa shape index (κ2) is 9.63. The van der Waals surface area contributed by atoms with Gasteiger partial charge in [0.2, 0.25) is 5.91 Å². The molecule has 0 bridgehead atoms. The molecule has 0 aliphatic carbocycles. The van der Waals surface area contributed by atoms with E-state index in [1.807, 2.05) is 12.1 Å². The fraction of sp³-hybridized carbons (Fsp3) is 0.261. The number of carbonyl (C=O) groups excluding carboxylic acids is 2. The molecule has 1 aromatic carbocycles. The van der Waals surface area contributed by atoms with Gasteiger partial charge in [-0.15, -0.1) is 11.6 Å². The fourth-order valence-corrected chi connectivity index (χ4v) is 4.01. The van der Waals surface area contributed by atoms with E-state index < -0.39 is 0 Å². The van der Waals surface area contributed by atoms with Gasteiger partial charge in [-0.05, 0) is 13.0 Å². The van der Waals surface area contributed by atoms with Crippen LogP contribution in [0.3, 0.4) is 0 Å². The van der Waals surface area contributed by atoms with Gasteiger partial charge in [0, 0.05) is 55.3 Å². The van der Waals surface area contributed by atoms with Gasteiger partial charge in [0.25, 0.3) is 0 Å². The van der Waals surface area contributed by atoms with Crippen molar-refractivity contribution in [2.24, 2.45) is 0 Å². The number of amides is 1. The highest BCUT2D eigenvalue weighted by molar-refractivity contribution is 6.33. The number of pyridine rings is 1. The summed E-state index contributed by atoms with van der Waals surface area (Å²) in [7, 11) is 0. The van der Waals surface area contributed by atoms with Crippen LogP contribution in [0.25, 0.3) is 22.5 Å². The minimum absolute atomic E-state index is 0.00201. The highest BCUT2D eigenvalue weighted by atomic mass is 35.5. The molecule has 3 heterocycles. The maximum absolute atomic E-state index is 11.9. The standard InChI is InChI=1S/C23H21Cl2N5O2/c1-15(31)16-2-4-17(5-3-16)22-23(18-6-7-26-13-19(18)25)28-20(14-27-22)29-8-10-30(11-9-29)21(32)12-24/h2-7,13-14H,8-12H2,1H3. The van der Waals surface area contributed by atoms with Crippen LogP contribution in [-0.4, -0.2) is 63.6 Å². The summed E-state index contributed by atoms with van der Waals surface area (Å²) in [4.78, 5) is 41.0. The molecule has 0 radical (unpaired) electrons. The molecule has 0 N–H and O–H groups in total. The normalized spacial score (nSPS) is 13.8. The van der Waals surface area contributed by atoms with Gasteiger partial charge in [0.15, 0.2) is 5.78 Å². The van der Waals surface area contributed by atoms with E-state index in [0.29, 0.717) is 54.0 Å². The third-order valence-electron chi connectivity index (χ3n) is 5.42. The van der Waals surface area contributed by atoms with Gasteiger partial charge < -0.3 is 9.80 Å². The lowest BCUT2D eigenvalue weighted by molar-refractivity contribution is -0.128. The minimum atomic E-state index is -0.0639. The molecule has 7 nitrogen and oxygen atoms in total. The molecule has 1 fully saturated rings. The van der Waals surface area contributed by atoms with Crippen molar-refractivity contribution in [2.75, 3.05) is 37.0 Å². The lowest BCUT2D eigenvalue weighted by atomic mass is 10.0. The quantitative estimate of drug-likeness (QED) is 0.415. The molecule has 9 heteroatoms. The molecule has 0 atom stereocenters. The summed E-state index contributed by atoms with van der Waals surface area (Å²) >= 11 is 12.1. The average molecular weight is 470 g/mol. The minimum Gasteiger partial charge on any atom is -0.352 e. The molecule has 0 spiro atoms. The summed E-state index contributed by atoms with van der Waals surface area (Å²) in [6.07, 6.45) is 4.96. The molecule has 3 aromatic rings. The van der Waals surface area contributed by atoms with Crippen LogP contribution in [0, 0.1) is 0 Å². The number of piperazine rings is 1. The third kappa shape index (κ3) is 4.59. The summed E-state index contributed by atoms with van der Waals surface area (Å²) in [6.45, 7) is 3.95. The van der Waals surface area contributed by atoms with Crippen LogP contribution in [0.15, 0.2) is 48.9 Å². The molecule has 1 saturated heterocycles. The molecule has 2 aromatic heterocycles. The number of aromatic nitrogens is 3. The molecular formula is C23H21Cl2N5O2. The number of carbonyl (C=O) groups is 2. The van der Waals surface area contributed by atoms with E-state index in [1.165, 1.54) is 6.92 Å². The number of Topliss-reactive ketones (excluding diaryl/α,β-unsaturated/α-hetero) is 1. The van der Waals surface area contributed by atoms with Crippen molar-refractivity contribution in [2.45, 2.75) is 6.92 Å². The largest absolute Gasteiger partial charge is 0.352 e. The molecule has 1 amide bonds. The zero-order valence-corrected chi connectivity index (χ0v) is 19.0. The van der Waals surface area contributed by atoms with Gasteiger partial charge in [-0.3, -0.25) is 19.6 Å². The maximum Gasteiger partial charge on any atom is 0.237 e. The van der Waals surface area contributed by atoms with Gasteiger partial charge >= 0.3 is 0 Å². The Kier molecular flexibility index (Phi) is 6.67. The smallest absolute Gasteiger partial charge is 0.237 e. The lowest BCUT2D eigenvalue weighted by Crippen LogP contribution is -2.49. The Bertz CT molecular complexity index is 1150. The monoisotopic (exact) mass is 469 g/mol. The number of halogens is 2. The van der Waals surface area contributed by atoms with E-state index in [1.54, 1.807) is 41.7 Å². The Labute approximate surface area is 196 Å². The van der Waals surface area contributed by atoms with Crippen molar-refractivity contribution in [1.82, 2.24) is 19.9 Å². The highest BCUT2D eigenvalue weighted by Crippen LogP contribution is 2.34. The summed E-state index contributed by atoms with van der Waals surface area (Å²) in [5, 5.41) is 0.470. The molecular weight excluding hydrogens is 449 g/mol. The number of benzene rings is 1. The highest BCUT2D eigenvalue weighted by Gasteiger charge is 2.23. The van der Waals surface area contributed by atoms with Crippen molar-refractivity contribution in [3.05, 3.63) is 59.5 Å². The Morgan fingerprint density at radius 3 is 2.34 bits per heavy atom. The van der Waals surface area contributed by atoms with Crippen molar-refractivity contribution in [3.8, 4) is 22.5 Å². The van der Waals surface area contributed by atoms with E-state index >= 15 is 0 Å². The molecule has 32 heavy (non-hydrogen) atoms. The van der Waals surface area contributed by atoms with Crippen LogP contribution in [0.4, 0.5) is 5.82 Å². The summed E-state index contributed by atoms with van der Waals surface area (Å²) in [5.41, 5.74) is 3.47. The SMILES string of the molecule is CC(=O)c1ccc(-c2ncc(N3CCN(C(=O)CCl)CC3)nc2-c2ccncc2Cl)cc1. The lowest BCUT2D eigenvalue weighted by Gasteiger charge is -2.35. The van der Waals surface area contributed by atoms with E-state index in [9.17, 15) is 9.59 Å². The fourth-order valence-electron chi connectivity index (χ4n) is 3.63. The summed E-state index contributed by atoms with van der Waals surface area (Å²) in [5.74, 6) is 0.630. The van der Waals surface area contributed by atoms with Gasteiger partial charge in [-0.2, -0.15) is 0 Å². The first-order chi connectivity index (χ1) is 15.5. The first-order valence-electron chi connectivity index (χ1n) is 10.1. The summed E-state index contributed by atoms with van der Waals surface area (Å²) < 4.78 is 0. The zero-order chi connectivity index (χ0) is 22.7. The number of alkyl halides is 1. The first-order valence-corrected chi connectivity index (χ1v) is 11.1. The van der Waals surface area contributed by atoms with Gasteiger partial charge in [-0.25, -0.2) is 4.98 Å². The van der Waals surface area contributed by atoms with Crippen molar-refractivity contribution in [1.29, 1.82) is 0 Å². The molecule has 4 rings (SSSR count). The second-order valence-corrected chi connectivity index (χ2v) is 8.09. The van der Waals surface area contributed by atoms with Gasteiger partial charge in [0.1, 0.15) is 17.4 Å². The molecule has 0 unspecified atom stereocenters. The number of hydrogen-bond donors (Lipinski definition) is 0. The van der Waals surface area contributed by atoms with Crippen LogP contribution in [0.5, 0.6) is 0 Å². The Morgan fingerprint density at radius 1 is 1.00 bits per heavy atom. The van der Waals surface area contributed by atoms with Crippen LogP contribution in [0.1, 0.15) is 17.3 Å².